The number of hydrogen-bond donors (Lipinski definition) is 0. The van der Waals surface area contributed by atoms with Gasteiger partial charge in [0.25, 0.3) is 0 Å². The van der Waals surface area contributed by atoms with Crippen LogP contribution in [0.25, 0.3) is 0 Å². The van der Waals surface area contributed by atoms with Gasteiger partial charge in [-0.1, -0.05) is 44.7 Å². The number of ether oxygens (including phenoxy) is 2. The van der Waals surface area contributed by atoms with Crippen LogP contribution < -0.4 is 4.74 Å². The van der Waals surface area contributed by atoms with Crippen LogP contribution in [0.2, 0.25) is 0 Å². The highest BCUT2D eigenvalue weighted by molar-refractivity contribution is 5.72. The molecule has 4 rings (SSSR count). The summed E-state index contributed by atoms with van der Waals surface area (Å²) in [4.78, 5) is 12.9. The van der Waals surface area contributed by atoms with Crippen molar-refractivity contribution >= 4 is 5.97 Å². The molecule has 0 heterocycles. The van der Waals surface area contributed by atoms with Crippen molar-refractivity contribution < 1.29 is 14.3 Å². The fraction of sp³-hybridized carbons (Fsp3) is 0.759. The third kappa shape index (κ3) is 6.08. The highest BCUT2D eigenvalue weighted by Gasteiger charge is 2.34. The van der Waals surface area contributed by atoms with E-state index in [4.69, 9.17) is 9.47 Å². The van der Waals surface area contributed by atoms with E-state index < -0.39 is 0 Å². The standard InChI is InChI=1S/C29H44O3/c1-3-4-21-5-7-22(8-6-21)23-9-11-26(12-10-23)29(30)32-28-19-15-25(16-20-28)24-13-17-27(31-2)18-14-24/h13-14,17-18,21-23,25-26,28H,3-12,15-16,19-20H2,1-2H3. The monoisotopic (exact) mass is 440 g/mol. The van der Waals surface area contributed by atoms with Crippen LogP contribution in [0.3, 0.4) is 0 Å². The van der Waals surface area contributed by atoms with Gasteiger partial charge >= 0.3 is 5.97 Å². The van der Waals surface area contributed by atoms with Gasteiger partial charge in [-0.15, -0.1) is 0 Å². The maximum atomic E-state index is 12.9. The first-order valence-electron chi connectivity index (χ1n) is 13.5. The topological polar surface area (TPSA) is 35.5 Å². The van der Waals surface area contributed by atoms with Crippen molar-refractivity contribution in [1.82, 2.24) is 0 Å². The molecule has 0 saturated heterocycles. The summed E-state index contributed by atoms with van der Waals surface area (Å²) in [5, 5.41) is 0. The molecule has 0 aromatic heterocycles. The van der Waals surface area contributed by atoms with E-state index in [1.54, 1.807) is 7.11 Å². The number of rotatable bonds is 7. The molecule has 3 aliphatic carbocycles. The Labute approximate surface area is 195 Å². The lowest BCUT2D eigenvalue weighted by Crippen LogP contribution is -2.32. The summed E-state index contributed by atoms with van der Waals surface area (Å²) in [7, 11) is 1.71. The molecule has 178 valence electrons. The van der Waals surface area contributed by atoms with E-state index in [-0.39, 0.29) is 18.0 Å². The molecule has 3 saturated carbocycles. The van der Waals surface area contributed by atoms with E-state index in [0.29, 0.717) is 5.92 Å². The van der Waals surface area contributed by atoms with Crippen LogP contribution in [-0.4, -0.2) is 19.2 Å². The molecule has 0 radical (unpaired) electrons. The van der Waals surface area contributed by atoms with Crippen LogP contribution >= 0.6 is 0 Å². The van der Waals surface area contributed by atoms with Crippen LogP contribution in [0, 0.1) is 23.7 Å². The molecule has 1 aromatic carbocycles. The maximum absolute atomic E-state index is 12.9. The molecule has 32 heavy (non-hydrogen) atoms. The first kappa shape index (κ1) is 23.6. The molecular formula is C29H44O3. The normalized spacial score (nSPS) is 33.4. The van der Waals surface area contributed by atoms with E-state index in [2.05, 4.69) is 31.2 Å². The molecular weight excluding hydrogens is 396 g/mol. The second-order valence-corrected chi connectivity index (χ2v) is 10.9. The Hall–Kier alpha value is -1.51. The van der Waals surface area contributed by atoms with Crippen LogP contribution in [0.1, 0.15) is 108 Å². The zero-order valence-electron chi connectivity index (χ0n) is 20.4. The van der Waals surface area contributed by atoms with Crippen LogP contribution in [0.5, 0.6) is 5.75 Å². The predicted molar refractivity (Wildman–Crippen MR) is 130 cm³/mol. The summed E-state index contributed by atoms with van der Waals surface area (Å²) in [6.07, 6.45) is 17.5. The van der Waals surface area contributed by atoms with Gasteiger partial charge in [0.05, 0.1) is 13.0 Å². The Morgan fingerprint density at radius 1 is 0.812 bits per heavy atom. The van der Waals surface area contributed by atoms with Gasteiger partial charge in [-0.05, 0) is 106 Å². The summed E-state index contributed by atoms with van der Waals surface area (Å²) >= 11 is 0. The molecule has 0 bridgehead atoms. The Kier molecular flexibility index (Phi) is 8.55. The van der Waals surface area contributed by atoms with E-state index in [0.717, 1.165) is 62.0 Å². The summed E-state index contributed by atoms with van der Waals surface area (Å²) in [6.45, 7) is 2.32. The van der Waals surface area contributed by atoms with Crippen molar-refractivity contribution in [2.24, 2.45) is 23.7 Å². The molecule has 1 aromatic rings. The fourth-order valence-electron chi connectivity index (χ4n) is 6.83. The summed E-state index contributed by atoms with van der Waals surface area (Å²) in [6, 6.07) is 8.47. The zero-order valence-corrected chi connectivity index (χ0v) is 20.4. The lowest BCUT2D eigenvalue weighted by molar-refractivity contribution is -0.157. The highest BCUT2D eigenvalue weighted by Crippen LogP contribution is 2.43. The van der Waals surface area contributed by atoms with E-state index >= 15 is 0 Å². The smallest absolute Gasteiger partial charge is 0.309 e. The number of methoxy groups -OCH3 is 1. The van der Waals surface area contributed by atoms with Crippen LogP contribution in [-0.2, 0) is 9.53 Å². The first-order valence-corrected chi connectivity index (χ1v) is 13.5. The number of carbonyl (C=O) groups excluding carboxylic acids is 1. The average Bonchev–Trinajstić information content (AvgIpc) is 2.85. The van der Waals surface area contributed by atoms with Crippen molar-refractivity contribution in [3.63, 3.8) is 0 Å². The Bertz CT molecular complexity index is 688. The van der Waals surface area contributed by atoms with Gasteiger partial charge in [-0.3, -0.25) is 4.79 Å². The second-order valence-electron chi connectivity index (χ2n) is 10.9. The van der Waals surface area contributed by atoms with Crippen LogP contribution in [0.15, 0.2) is 24.3 Å². The third-order valence-electron chi connectivity index (χ3n) is 8.90. The lowest BCUT2D eigenvalue weighted by Gasteiger charge is -2.37. The molecule has 0 aliphatic heterocycles. The Morgan fingerprint density at radius 2 is 1.41 bits per heavy atom. The van der Waals surface area contributed by atoms with Crippen molar-refractivity contribution in [1.29, 1.82) is 0 Å². The van der Waals surface area contributed by atoms with Gasteiger partial charge in [0, 0.05) is 0 Å². The van der Waals surface area contributed by atoms with Gasteiger partial charge in [0.2, 0.25) is 0 Å². The van der Waals surface area contributed by atoms with Crippen molar-refractivity contribution in [3.8, 4) is 5.75 Å². The van der Waals surface area contributed by atoms with Gasteiger partial charge in [-0.2, -0.15) is 0 Å². The average molecular weight is 441 g/mol. The molecule has 0 atom stereocenters. The predicted octanol–water partition coefficient (Wildman–Crippen LogP) is 7.68. The van der Waals surface area contributed by atoms with Gasteiger partial charge < -0.3 is 9.47 Å². The van der Waals surface area contributed by atoms with Crippen molar-refractivity contribution in [2.45, 2.75) is 109 Å². The number of hydrogen-bond acceptors (Lipinski definition) is 3. The molecule has 3 nitrogen and oxygen atoms in total. The Balaban J connectivity index is 1.16. The zero-order chi connectivity index (χ0) is 22.3. The molecule has 3 fully saturated rings. The van der Waals surface area contributed by atoms with Gasteiger partial charge in [0.15, 0.2) is 0 Å². The Morgan fingerprint density at radius 3 is 1.97 bits per heavy atom. The minimum atomic E-state index is 0.100. The summed E-state index contributed by atoms with van der Waals surface area (Å²) < 4.78 is 11.3. The van der Waals surface area contributed by atoms with Crippen molar-refractivity contribution in [3.05, 3.63) is 29.8 Å². The number of benzene rings is 1. The molecule has 0 N–H and O–H groups in total. The molecule has 0 amide bonds. The number of carbonyl (C=O) groups is 1. The summed E-state index contributed by atoms with van der Waals surface area (Å²) in [5.74, 6) is 4.52. The molecule has 0 spiro atoms. The number of esters is 1. The highest BCUT2D eigenvalue weighted by atomic mass is 16.5. The third-order valence-corrected chi connectivity index (χ3v) is 8.90. The van der Waals surface area contributed by atoms with Gasteiger partial charge in [-0.25, -0.2) is 0 Å². The van der Waals surface area contributed by atoms with Crippen LogP contribution in [0.4, 0.5) is 0 Å². The maximum Gasteiger partial charge on any atom is 0.309 e. The summed E-state index contributed by atoms with van der Waals surface area (Å²) in [5.41, 5.74) is 1.39. The molecule has 0 unspecified atom stereocenters. The molecule has 3 heteroatoms. The first-order chi connectivity index (χ1) is 15.7. The lowest BCUT2D eigenvalue weighted by atomic mass is 9.69. The van der Waals surface area contributed by atoms with Gasteiger partial charge in [0.1, 0.15) is 11.9 Å². The van der Waals surface area contributed by atoms with E-state index in [9.17, 15) is 4.79 Å². The quantitative estimate of drug-likeness (QED) is 0.408. The van der Waals surface area contributed by atoms with Crippen molar-refractivity contribution in [2.75, 3.05) is 7.11 Å². The second kappa shape index (κ2) is 11.6. The fourth-order valence-corrected chi connectivity index (χ4v) is 6.83. The minimum absolute atomic E-state index is 0.100. The van der Waals surface area contributed by atoms with E-state index in [1.165, 1.54) is 56.9 Å². The SMILES string of the molecule is CCCC1CCC(C2CCC(C(=O)OC3CCC(c4ccc(OC)cc4)CC3)CC2)CC1. The minimum Gasteiger partial charge on any atom is -0.497 e. The largest absolute Gasteiger partial charge is 0.497 e. The van der Waals surface area contributed by atoms with E-state index in [1.807, 2.05) is 0 Å². The molecule has 3 aliphatic rings.